The van der Waals surface area contributed by atoms with Crippen molar-refractivity contribution in [2.45, 2.75) is 19.4 Å². The Morgan fingerprint density at radius 1 is 1.42 bits per heavy atom. The van der Waals surface area contributed by atoms with Gasteiger partial charge in [0.2, 0.25) is 0 Å². The molecule has 4 heteroatoms. The van der Waals surface area contributed by atoms with Crippen LogP contribution in [-0.4, -0.2) is 40.9 Å². The van der Waals surface area contributed by atoms with E-state index in [4.69, 9.17) is 0 Å². The fourth-order valence-corrected chi connectivity index (χ4v) is 2.65. The predicted octanol–water partition coefficient (Wildman–Crippen LogP) is 3.38. The number of hydrogen-bond acceptors (Lipinski definition) is 2. The molecule has 0 radical (unpaired) electrons. The molecule has 0 aliphatic heterocycles. The molecule has 0 aliphatic carbocycles. The topological polar surface area (TPSA) is 36.1 Å². The van der Waals surface area contributed by atoms with Crippen LogP contribution in [0.2, 0.25) is 0 Å². The lowest BCUT2D eigenvalue weighted by Crippen LogP contribution is -2.35. The zero-order chi connectivity index (χ0) is 13.8. The maximum Gasteiger partial charge on any atom is 0.253 e. The number of H-pyrrole nitrogens is 1. The van der Waals surface area contributed by atoms with E-state index in [1.54, 1.807) is 0 Å². The number of amides is 1. The number of fused-ring (bicyclic) bond motifs is 1. The quantitative estimate of drug-likeness (QED) is 0.908. The van der Waals surface area contributed by atoms with Crippen LogP contribution >= 0.6 is 11.8 Å². The first-order valence-electron chi connectivity index (χ1n) is 6.46. The minimum absolute atomic E-state index is 0.0942. The van der Waals surface area contributed by atoms with Crippen LogP contribution in [0.25, 0.3) is 10.9 Å². The number of aromatic amines is 1. The first-order valence-corrected chi connectivity index (χ1v) is 7.86. The lowest BCUT2D eigenvalue weighted by molar-refractivity contribution is 0.0741. The molecule has 1 heterocycles. The minimum Gasteiger partial charge on any atom is -0.361 e. The van der Waals surface area contributed by atoms with Gasteiger partial charge in [-0.2, -0.15) is 11.8 Å². The van der Waals surface area contributed by atoms with Gasteiger partial charge in [-0.15, -0.1) is 0 Å². The highest BCUT2D eigenvalue weighted by Gasteiger charge is 2.17. The fourth-order valence-electron chi connectivity index (χ4n) is 2.07. The highest BCUT2D eigenvalue weighted by molar-refractivity contribution is 7.98. The third-order valence-electron chi connectivity index (χ3n) is 3.52. The van der Waals surface area contributed by atoms with Crippen LogP contribution in [0.1, 0.15) is 23.7 Å². The fraction of sp³-hybridized carbons (Fsp3) is 0.400. The molecule has 1 amide bonds. The van der Waals surface area contributed by atoms with Crippen molar-refractivity contribution in [2.75, 3.05) is 19.1 Å². The third kappa shape index (κ3) is 3.13. The number of thioether (sulfide) groups is 1. The van der Waals surface area contributed by atoms with Crippen molar-refractivity contribution in [2.24, 2.45) is 0 Å². The van der Waals surface area contributed by atoms with Gasteiger partial charge in [0.1, 0.15) is 0 Å². The lowest BCUT2D eigenvalue weighted by Gasteiger charge is -2.25. The monoisotopic (exact) mass is 276 g/mol. The van der Waals surface area contributed by atoms with E-state index in [0.717, 1.165) is 28.6 Å². The van der Waals surface area contributed by atoms with E-state index >= 15 is 0 Å². The van der Waals surface area contributed by atoms with E-state index in [2.05, 4.69) is 18.2 Å². The Morgan fingerprint density at radius 3 is 2.95 bits per heavy atom. The molecule has 1 aromatic heterocycles. The number of carbonyl (C=O) groups is 1. The van der Waals surface area contributed by atoms with Crippen molar-refractivity contribution in [3.63, 3.8) is 0 Å². The van der Waals surface area contributed by atoms with E-state index in [1.165, 1.54) is 0 Å². The zero-order valence-electron chi connectivity index (χ0n) is 11.6. The average molecular weight is 276 g/mol. The van der Waals surface area contributed by atoms with Gasteiger partial charge in [-0.3, -0.25) is 4.79 Å². The Kier molecular flexibility index (Phi) is 4.53. The molecule has 0 fully saturated rings. The van der Waals surface area contributed by atoms with Gasteiger partial charge in [-0.25, -0.2) is 0 Å². The van der Waals surface area contributed by atoms with Gasteiger partial charge < -0.3 is 9.88 Å². The van der Waals surface area contributed by atoms with Gasteiger partial charge in [0.05, 0.1) is 0 Å². The molecule has 1 aromatic carbocycles. The van der Waals surface area contributed by atoms with Crippen molar-refractivity contribution in [3.8, 4) is 0 Å². The van der Waals surface area contributed by atoms with Gasteiger partial charge in [0, 0.05) is 35.8 Å². The van der Waals surface area contributed by atoms with Gasteiger partial charge in [-0.1, -0.05) is 0 Å². The Balaban J connectivity index is 2.13. The molecule has 0 aliphatic rings. The molecule has 0 saturated carbocycles. The highest BCUT2D eigenvalue weighted by atomic mass is 32.2. The van der Waals surface area contributed by atoms with Crippen LogP contribution < -0.4 is 0 Å². The summed E-state index contributed by atoms with van der Waals surface area (Å²) in [6, 6.07) is 8.05. The van der Waals surface area contributed by atoms with Crippen LogP contribution in [0, 0.1) is 0 Å². The molecule has 1 atom stereocenters. The molecule has 0 spiro atoms. The standard InChI is InChI=1S/C15H20N2OS/c1-11(7-9-19-3)17(2)15(18)13-4-5-14-12(10-13)6-8-16-14/h4-6,8,10-11,16H,7,9H2,1-3H3. The molecular formula is C15H20N2OS. The number of nitrogens with zero attached hydrogens (tertiary/aromatic N) is 1. The number of nitrogens with one attached hydrogen (secondary N) is 1. The summed E-state index contributed by atoms with van der Waals surface area (Å²) in [5, 5.41) is 1.08. The van der Waals surface area contributed by atoms with Crippen molar-refractivity contribution in [3.05, 3.63) is 36.0 Å². The van der Waals surface area contributed by atoms with Gasteiger partial charge >= 0.3 is 0 Å². The molecule has 0 saturated heterocycles. The van der Waals surface area contributed by atoms with Gasteiger partial charge in [0.25, 0.3) is 5.91 Å². The molecule has 1 N–H and O–H groups in total. The number of benzene rings is 1. The second kappa shape index (κ2) is 6.15. The Bertz CT molecular complexity index is 564. The predicted molar refractivity (Wildman–Crippen MR) is 82.9 cm³/mol. The molecule has 3 nitrogen and oxygen atoms in total. The van der Waals surface area contributed by atoms with Crippen molar-refractivity contribution < 1.29 is 4.79 Å². The van der Waals surface area contributed by atoms with Gasteiger partial charge in [0.15, 0.2) is 0 Å². The summed E-state index contributed by atoms with van der Waals surface area (Å²) in [6.07, 6.45) is 5.01. The van der Waals surface area contributed by atoms with Crippen LogP contribution in [0.15, 0.2) is 30.5 Å². The van der Waals surface area contributed by atoms with Crippen LogP contribution in [0.5, 0.6) is 0 Å². The largest absolute Gasteiger partial charge is 0.361 e. The van der Waals surface area contributed by atoms with E-state index in [1.807, 2.05) is 54.2 Å². The molecule has 102 valence electrons. The number of carbonyl (C=O) groups excluding carboxylic acids is 1. The van der Waals surface area contributed by atoms with E-state index in [0.29, 0.717) is 0 Å². The van der Waals surface area contributed by atoms with Crippen LogP contribution in [-0.2, 0) is 0 Å². The average Bonchev–Trinajstić information content (AvgIpc) is 2.90. The third-order valence-corrected chi connectivity index (χ3v) is 4.17. The van der Waals surface area contributed by atoms with Crippen LogP contribution in [0.3, 0.4) is 0 Å². The van der Waals surface area contributed by atoms with E-state index in [-0.39, 0.29) is 11.9 Å². The molecule has 19 heavy (non-hydrogen) atoms. The summed E-state index contributed by atoms with van der Waals surface area (Å²) in [5.41, 5.74) is 1.82. The normalized spacial score (nSPS) is 12.6. The van der Waals surface area contributed by atoms with E-state index in [9.17, 15) is 4.79 Å². The van der Waals surface area contributed by atoms with Crippen molar-refractivity contribution >= 4 is 28.6 Å². The summed E-state index contributed by atoms with van der Waals surface area (Å²) in [4.78, 5) is 17.4. The maximum atomic E-state index is 12.4. The number of hydrogen-bond donors (Lipinski definition) is 1. The Morgan fingerprint density at radius 2 is 2.21 bits per heavy atom. The summed E-state index contributed by atoms with van der Waals surface area (Å²) in [7, 11) is 1.88. The minimum atomic E-state index is 0.0942. The van der Waals surface area contributed by atoms with E-state index < -0.39 is 0 Å². The molecule has 2 aromatic rings. The summed E-state index contributed by atoms with van der Waals surface area (Å²) < 4.78 is 0. The number of rotatable bonds is 5. The molecular weight excluding hydrogens is 256 g/mol. The van der Waals surface area contributed by atoms with Crippen molar-refractivity contribution in [1.29, 1.82) is 0 Å². The maximum absolute atomic E-state index is 12.4. The summed E-state index contributed by atoms with van der Waals surface area (Å²) >= 11 is 1.82. The van der Waals surface area contributed by atoms with Gasteiger partial charge in [-0.05, 0) is 49.6 Å². The van der Waals surface area contributed by atoms with Crippen molar-refractivity contribution in [1.82, 2.24) is 9.88 Å². The summed E-state index contributed by atoms with van der Waals surface area (Å²) in [6.45, 7) is 2.10. The molecule has 1 unspecified atom stereocenters. The van der Waals surface area contributed by atoms with Crippen LogP contribution in [0.4, 0.5) is 0 Å². The smallest absolute Gasteiger partial charge is 0.253 e. The second-order valence-electron chi connectivity index (χ2n) is 4.83. The SMILES string of the molecule is CSCCC(C)N(C)C(=O)c1ccc2[nH]ccc2c1. The number of aromatic nitrogens is 1. The first-order chi connectivity index (χ1) is 9.13. The molecule has 0 bridgehead atoms. The summed E-state index contributed by atoms with van der Waals surface area (Å²) in [5.74, 6) is 1.17. The first kappa shape index (κ1) is 14.0. The lowest BCUT2D eigenvalue weighted by atomic mass is 10.1. The molecule has 2 rings (SSSR count). The highest BCUT2D eigenvalue weighted by Crippen LogP contribution is 2.17. The second-order valence-corrected chi connectivity index (χ2v) is 5.81. The Labute approximate surface area is 118 Å². The Hall–Kier alpha value is -1.42. The zero-order valence-corrected chi connectivity index (χ0v) is 12.5.